The Kier molecular flexibility index (Phi) is 5.97. The zero-order valence-electron chi connectivity index (χ0n) is 17.6. The van der Waals surface area contributed by atoms with E-state index in [0.717, 1.165) is 0 Å². The van der Waals surface area contributed by atoms with E-state index in [-0.39, 0.29) is 11.3 Å². The van der Waals surface area contributed by atoms with Crippen molar-refractivity contribution in [3.05, 3.63) is 94.1 Å². The van der Waals surface area contributed by atoms with Crippen LogP contribution in [0.5, 0.6) is 5.75 Å². The topological polar surface area (TPSA) is 79.7 Å². The first-order valence-electron chi connectivity index (χ1n) is 10.1. The molecule has 2 heterocycles. The van der Waals surface area contributed by atoms with Crippen LogP contribution < -0.4 is 9.64 Å². The lowest BCUT2D eigenvalue weighted by Crippen LogP contribution is -2.30. The summed E-state index contributed by atoms with van der Waals surface area (Å²) < 4.78 is 5.51. The van der Waals surface area contributed by atoms with Gasteiger partial charge >= 0.3 is 5.91 Å². The van der Waals surface area contributed by atoms with Gasteiger partial charge in [-0.05, 0) is 67.4 Å². The van der Waals surface area contributed by atoms with Crippen molar-refractivity contribution in [2.45, 2.75) is 19.9 Å². The molecule has 0 spiro atoms. The van der Waals surface area contributed by atoms with Crippen molar-refractivity contribution in [3.8, 4) is 5.75 Å². The van der Waals surface area contributed by atoms with E-state index < -0.39 is 17.7 Å². The van der Waals surface area contributed by atoms with Gasteiger partial charge in [0.1, 0.15) is 17.3 Å². The number of halogens is 1. The first-order chi connectivity index (χ1) is 15.4. The first kappa shape index (κ1) is 21.6. The highest BCUT2D eigenvalue weighted by molar-refractivity contribution is 6.51. The number of anilines is 1. The molecular weight excluding hydrogens is 428 g/mol. The molecule has 1 aliphatic heterocycles. The Balaban J connectivity index is 1.91. The van der Waals surface area contributed by atoms with E-state index in [1.165, 1.54) is 4.90 Å². The minimum absolute atomic E-state index is 0.00441. The Bertz CT molecular complexity index is 1210. The summed E-state index contributed by atoms with van der Waals surface area (Å²) in [6.45, 7) is 4.20. The van der Waals surface area contributed by atoms with E-state index in [0.29, 0.717) is 39.9 Å². The number of ether oxygens (including phenoxy) is 1. The van der Waals surface area contributed by atoms with Crippen LogP contribution >= 0.6 is 11.6 Å². The number of ketones is 1. The average molecular weight is 449 g/mol. The predicted octanol–water partition coefficient (Wildman–Crippen LogP) is 5.07. The molecule has 1 N–H and O–H groups in total. The Hall–Kier alpha value is -3.64. The van der Waals surface area contributed by atoms with Gasteiger partial charge in [0.15, 0.2) is 0 Å². The molecule has 32 heavy (non-hydrogen) atoms. The van der Waals surface area contributed by atoms with Gasteiger partial charge in [0, 0.05) is 16.8 Å². The molecule has 0 saturated carbocycles. The minimum atomic E-state index is -0.854. The highest BCUT2D eigenvalue weighted by Gasteiger charge is 2.47. The third-order valence-corrected chi connectivity index (χ3v) is 5.54. The van der Waals surface area contributed by atoms with Gasteiger partial charge in [0.05, 0.1) is 18.2 Å². The summed E-state index contributed by atoms with van der Waals surface area (Å²) in [5.74, 6) is -0.806. The fourth-order valence-electron chi connectivity index (χ4n) is 3.83. The molecule has 4 rings (SSSR count). The summed E-state index contributed by atoms with van der Waals surface area (Å²) in [5, 5.41) is 11.8. The molecule has 162 valence electrons. The fourth-order valence-corrected chi connectivity index (χ4v) is 3.95. The van der Waals surface area contributed by atoms with Gasteiger partial charge in [0.25, 0.3) is 5.78 Å². The van der Waals surface area contributed by atoms with Crippen LogP contribution in [-0.2, 0) is 9.59 Å². The Morgan fingerprint density at radius 2 is 1.88 bits per heavy atom. The van der Waals surface area contributed by atoms with Crippen molar-refractivity contribution < 1.29 is 19.4 Å². The van der Waals surface area contributed by atoms with Gasteiger partial charge in [-0.15, -0.1) is 0 Å². The number of hydrogen-bond acceptors (Lipinski definition) is 5. The van der Waals surface area contributed by atoms with E-state index in [1.807, 2.05) is 13.8 Å². The van der Waals surface area contributed by atoms with Gasteiger partial charge in [-0.2, -0.15) is 0 Å². The molecule has 2 aromatic carbocycles. The maximum absolute atomic E-state index is 13.1. The molecule has 6 nitrogen and oxygen atoms in total. The van der Waals surface area contributed by atoms with E-state index >= 15 is 0 Å². The van der Waals surface area contributed by atoms with E-state index in [4.69, 9.17) is 16.3 Å². The normalized spacial score (nSPS) is 17.6. The Labute approximate surface area is 190 Å². The van der Waals surface area contributed by atoms with Crippen molar-refractivity contribution in [1.29, 1.82) is 0 Å². The van der Waals surface area contributed by atoms with Crippen molar-refractivity contribution in [2.24, 2.45) is 0 Å². The molecule has 1 saturated heterocycles. The predicted molar refractivity (Wildman–Crippen MR) is 123 cm³/mol. The molecule has 0 aliphatic carbocycles. The van der Waals surface area contributed by atoms with Gasteiger partial charge in [-0.1, -0.05) is 29.8 Å². The molecule has 1 atom stereocenters. The number of nitrogens with zero attached hydrogens (tertiary/aromatic N) is 2. The molecular formula is C25H21ClN2O4. The van der Waals surface area contributed by atoms with Crippen molar-refractivity contribution in [1.82, 2.24) is 4.98 Å². The number of aromatic nitrogens is 1. The number of amides is 1. The lowest BCUT2D eigenvalue weighted by molar-refractivity contribution is -0.132. The number of Topliss-reactive ketones (excluding diaryl/α,β-unsaturated/α-hetero) is 1. The molecule has 0 radical (unpaired) electrons. The molecule has 0 bridgehead atoms. The lowest BCUT2D eigenvalue weighted by atomic mass is 9.94. The van der Waals surface area contributed by atoms with E-state index in [2.05, 4.69) is 4.98 Å². The Morgan fingerprint density at radius 1 is 1.12 bits per heavy atom. The number of rotatable bonds is 5. The number of aliphatic hydroxyl groups excluding tert-OH is 1. The number of carbonyl (C=O) groups is 2. The number of aliphatic hydroxyl groups is 1. The van der Waals surface area contributed by atoms with Crippen molar-refractivity contribution >= 4 is 34.9 Å². The molecule has 1 unspecified atom stereocenters. The third-order valence-electron chi connectivity index (χ3n) is 5.29. The van der Waals surface area contributed by atoms with Crippen LogP contribution in [0, 0.1) is 6.92 Å². The molecule has 1 amide bonds. The second kappa shape index (κ2) is 8.85. The molecule has 1 aliphatic rings. The summed E-state index contributed by atoms with van der Waals surface area (Å²) in [4.78, 5) is 31.8. The lowest BCUT2D eigenvalue weighted by Gasteiger charge is -2.24. The van der Waals surface area contributed by atoms with Crippen molar-refractivity contribution in [2.75, 3.05) is 11.5 Å². The number of pyridine rings is 1. The zero-order chi connectivity index (χ0) is 22.8. The molecule has 1 fully saturated rings. The summed E-state index contributed by atoms with van der Waals surface area (Å²) in [6, 6.07) is 16.3. The van der Waals surface area contributed by atoms with Gasteiger partial charge < -0.3 is 9.84 Å². The van der Waals surface area contributed by atoms with Crippen molar-refractivity contribution in [3.63, 3.8) is 0 Å². The van der Waals surface area contributed by atoms with Crippen LogP contribution in [0.25, 0.3) is 5.76 Å². The molecule has 7 heteroatoms. The zero-order valence-corrected chi connectivity index (χ0v) is 18.3. The van der Waals surface area contributed by atoms with Crippen LogP contribution in [0.1, 0.15) is 29.7 Å². The number of benzene rings is 2. The number of aryl methyl sites for hydroxylation is 1. The number of hydrogen-bond donors (Lipinski definition) is 1. The summed E-state index contributed by atoms with van der Waals surface area (Å²) in [6.07, 6.45) is 1.55. The van der Waals surface area contributed by atoms with Gasteiger partial charge in [-0.3, -0.25) is 14.5 Å². The van der Waals surface area contributed by atoms with Crippen LogP contribution in [0.15, 0.2) is 72.4 Å². The van der Waals surface area contributed by atoms with Crippen LogP contribution in [0.3, 0.4) is 0 Å². The Morgan fingerprint density at radius 3 is 2.50 bits per heavy atom. The molecule has 3 aromatic rings. The van der Waals surface area contributed by atoms with E-state index in [1.54, 1.807) is 66.9 Å². The van der Waals surface area contributed by atoms with Crippen LogP contribution in [-0.4, -0.2) is 28.4 Å². The highest BCUT2D eigenvalue weighted by atomic mass is 35.5. The monoisotopic (exact) mass is 448 g/mol. The average Bonchev–Trinajstić information content (AvgIpc) is 3.05. The number of carbonyl (C=O) groups excluding carboxylic acids is 2. The van der Waals surface area contributed by atoms with Gasteiger partial charge in [0.2, 0.25) is 0 Å². The minimum Gasteiger partial charge on any atom is -0.507 e. The summed E-state index contributed by atoms with van der Waals surface area (Å²) in [7, 11) is 0. The van der Waals surface area contributed by atoms with Crippen LogP contribution in [0.4, 0.5) is 5.82 Å². The van der Waals surface area contributed by atoms with E-state index in [9.17, 15) is 14.7 Å². The second-order valence-electron chi connectivity index (χ2n) is 7.32. The SMILES string of the molecule is CCOc1ccc(/C(O)=C2/C(=O)C(=O)N(c3ccccn3)C2c2ccc(Cl)cc2)c(C)c1. The fraction of sp³-hybridized carbons (Fsp3) is 0.160. The third kappa shape index (κ3) is 3.85. The summed E-state index contributed by atoms with van der Waals surface area (Å²) in [5.41, 5.74) is 1.79. The molecule has 1 aromatic heterocycles. The smallest absolute Gasteiger partial charge is 0.301 e. The van der Waals surface area contributed by atoms with Crippen LogP contribution in [0.2, 0.25) is 5.02 Å². The maximum atomic E-state index is 13.1. The largest absolute Gasteiger partial charge is 0.507 e. The second-order valence-corrected chi connectivity index (χ2v) is 7.75. The standard InChI is InChI=1S/C25H21ClN2O4/c1-3-32-18-11-12-19(15(2)14-18)23(29)21-22(16-7-9-17(26)10-8-16)28(25(31)24(21)30)20-6-4-5-13-27-20/h4-14,22,29H,3H2,1-2H3/b23-21-. The quantitative estimate of drug-likeness (QED) is 0.335. The maximum Gasteiger partial charge on any atom is 0.301 e. The summed E-state index contributed by atoms with van der Waals surface area (Å²) >= 11 is 6.05. The first-order valence-corrected chi connectivity index (χ1v) is 10.5. The van der Waals surface area contributed by atoms with Gasteiger partial charge in [-0.25, -0.2) is 4.98 Å². The highest BCUT2D eigenvalue weighted by Crippen LogP contribution is 2.42.